The number of aryl methyl sites for hydroxylation is 1. The third kappa shape index (κ3) is 3.00. The number of halogens is 1. The first-order chi connectivity index (χ1) is 8.56. The van der Waals surface area contributed by atoms with Crippen LogP contribution in [0.25, 0.3) is 0 Å². The van der Waals surface area contributed by atoms with Gasteiger partial charge in [-0.1, -0.05) is 11.6 Å². The highest BCUT2D eigenvalue weighted by Gasteiger charge is 2.11. The summed E-state index contributed by atoms with van der Waals surface area (Å²) in [7, 11) is 0. The summed E-state index contributed by atoms with van der Waals surface area (Å²) in [5, 5.41) is 12.1. The molecule has 0 saturated heterocycles. The quantitative estimate of drug-likeness (QED) is 0.902. The fourth-order valence-electron chi connectivity index (χ4n) is 1.45. The normalized spacial score (nSPS) is 10.3. The summed E-state index contributed by atoms with van der Waals surface area (Å²) >= 11 is 7.43. The molecule has 2 heterocycles. The fraction of sp³-hybridized carbons (Fsp3) is 0.167. The first-order valence-electron chi connectivity index (χ1n) is 5.25. The van der Waals surface area contributed by atoms with E-state index in [1.807, 2.05) is 19.1 Å². The average Bonchev–Trinajstić information content (AvgIpc) is 2.74. The van der Waals surface area contributed by atoms with Crippen molar-refractivity contribution in [1.29, 1.82) is 0 Å². The predicted octanol–water partition coefficient (Wildman–Crippen LogP) is 3.42. The first kappa shape index (κ1) is 12.9. The highest BCUT2D eigenvalue weighted by Crippen LogP contribution is 2.19. The van der Waals surface area contributed by atoms with Gasteiger partial charge in [0, 0.05) is 9.75 Å². The molecule has 0 bridgehead atoms. The van der Waals surface area contributed by atoms with Crippen LogP contribution in [0, 0.1) is 6.92 Å². The van der Waals surface area contributed by atoms with Crippen molar-refractivity contribution in [1.82, 2.24) is 4.98 Å². The molecule has 2 aromatic rings. The maximum absolute atomic E-state index is 10.9. The van der Waals surface area contributed by atoms with E-state index in [2.05, 4.69) is 10.3 Å². The number of hydrogen-bond acceptors (Lipinski definition) is 4. The molecule has 0 amide bonds. The summed E-state index contributed by atoms with van der Waals surface area (Å²) in [6.45, 7) is 2.66. The average molecular weight is 283 g/mol. The maximum atomic E-state index is 10.9. The number of nitrogens with one attached hydrogen (secondary N) is 1. The molecule has 0 unspecified atom stereocenters. The third-order valence-electron chi connectivity index (χ3n) is 2.29. The van der Waals surface area contributed by atoms with Crippen LogP contribution in [-0.4, -0.2) is 16.1 Å². The van der Waals surface area contributed by atoms with Gasteiger partial charge in [-0.2, -0.15) is 0 Å². The second-order valence-electron chi connectivity index (χ2n) is 3.70. The molecule has 0 aromatic carbocycles. The fourth-order valence-corrected chi connectivity index (χ4v) is 2.46. The Hall–Kier alpha value is -1.59. The summed E-state index contributed by atoms with van der Waals surface area (Å²) in [6, 6.07) is 7.26. The van der Waals surface area contributed by atoms with Crippen molar-refractivity contribution in [3.05, 3.63) is 44.7 Å². The summed E-state index contributed by atoms with van der Waals surface area (Å²) in [6.07, 6.45) is 0. The number of aromatic nitrogens is 1. The van der Waals surface area contributed by atoms with Crippen molar-refractivity contribution >= 4 is 34.7 Å². The van der Waals surface area contributed by atoms with E-state index in [1.54, 1.807) is 17.4 Å². The summed E-state index contributed by atoms with van der Waals surface area (Å²) in [4.78, 5) is 17.2. The largest absolute Gasteiger partial charge is 0.476 e. The Bertz CT molecular complexity index is 583. The molecule has 6 heteroatoms. The third-order valence-corrected chi connectivity index (χ3v) is 3.59. The van der Waals surface area contributed by atoms with E-state index in [0.29, 0.717) is 12.4 Å². The van der Waals surface area contributed by atoms with Crippen LogP contribution in [0.2, 0.25) is 5.02 Å². The van der Waals surface area contributed by atoms with Crippen molar-refractivity contribution in [2.45, 2.75) is 13.5 Å². The molecule has 2 N–H and O–H groups in total. The zero-order valence-corrected chi connectivity index (χ0v) is 11.2. The van der Waals surface area contributed by atoms with Gasteiger partial charge in [0.2, 0.25) is 0 Å². The van der Waals surface area contributed by atoms with Crippen LogP contribution in [0.3, 0.4) is 0 Å². The number of aromatic carboxylic acids is 1. The van der Waals surface area contributed by atoms with Crippen molar-refractivity contribution < 1.29 is 9.90 Å². The van der Waals surface area contributed by atoms with Gasteiger partial charge in [0.15, 0.2) is 5.69 Å². The Morgan fingerprint density at radius 3 is 2.83 bits per heavy atom. The van der Waals surface area contributed by atoms with Crippen LogP contribution >= 0.6 is 22.9 Å². The molecule has 0 atom stereocenters. The molecule has 0 fully saturated rings. The molecule has 4 nitrogen and oxygen atoms in total. The first-order valence-corrected chi connectivity index (χ1v) is 6.45. The maximum Gasteiger partial charge on any atom is 0.356 e. The van der Waals surface area contributed by atoms with Crippen LogP contribution in [0.1, 0.15) is 20.2 Å². The number of anilines is 1. The van der Waals surface area contributed by atoms with Gasteiger partial charge in [0.25, 0.3) is 0 Å². The number of nitrogens with zero attached hydrogens (tertiary/aromatic N) is 1. The highest BCUT2D eigenvalue weighted by atomic mass is 35.5. The SMILES string of the molecule is Cc1ccc(CNc2ccc(Cl)c(C(=O)O)n2)s1. The molecule has 0 aliphatic rings. The number of pyridine rings is 1. The van der Waals surface area contributed by atoms with Gasteiger partial charge in [-0.15, -0.1) is 11.3 Å². The van der Waals surface area contributed by atoms with Crippen molar-refractivity contribution in [2.24, 2.45) is 0 Å². The van der Waals surface area contributed by atoms with Gasteiger partial charge in [-0.25, -0.2) is 9.78 Å². The van der Waals surface area contributed by atoms with Crippen LogP contribution in [0.4, 0.5) is 5.82 Å². The lowest BCUT2D eigenvalue weighted by Crippen LogP contribution is -2.06. The second kappa shape index (κ2) is 5.37. The molecule has 0 saturated carbocycles. The van der Waals surface area contributed by atoms with Gasteiger partial charge >= 0.3 is 5.97 Å². The van der Waals surface area contributed by atoms with Crippen molar-refractivity contribution in [3.8, 4) is 0 Å². The van der Waals surface area contributed by atoms with E-state index in [0.717, 1.165) is 0 Å². The summed E-state index contributed by atoms with van der Waals surface area (Å²) in [5.41, 5.74) is -0.135. The Kier molecular flexibility index (Phi) is 3.84. The van der Waals surface area contributed by atoms with Crippen molar-refractivity contribution in [3.63, 3.8) is 0 Å². The molecule has 0 aliphatic carbocycles. The van der Waals surface area contributed by atoms with E-state index in [1.165, 1.54) is 15.8 Å². The van der Waals surface area contributed by atoms with E-state index in [-0.39, 0.29) is 10.7 Å². The number of rotatable bonds is 4. The Labute approximate surface area is 113 Å². The smallest absolute Gasteiger partial charge is 0.356 e. The topological polar surface area (TPSA) is 62.2 Å². The monoisotopic (exact) mass is 282 g/mol. The Balaban J connectivity index is 2.10. The molecule has 18 heavy (non-hydrogen) atoms. The lowest BCUT2D eigenvalue weighted by molar-refractivity contribution is 0.0691. The van der Waals surface area contributed by atoms with Gasteiger partial charge in [0.1, 0.15) is 5.82 Å². The second-order valence-corrected chi connectivity index (χ2v) is 5.48. The number of thiophene rings is 1. The minimum absolute atomic E-state index is 0.135. The molecule has 0 radical (unpaired) electrons. The molecule has 2 rings (SSSR count). The molecule has 0 aliphatic heterocycles. The zero-order chi connectivity index (χ0) is 13.1. The van der Waals surface area contributed by atoms with E-state index < -0.39 is 5.97 Å². The Morgan fingerprint density at radius 2 is 2.22 bits per heavy atom. The summed E-state index contributed by atoms with van der Waals surface area (Å²) in [5.74, 6) is -0.626. The van der Waals surface area contributed by atoms with Crippen LogP contribution in [-0.2, 0) is 6.54 Å². The molecular weight excluding hydrogens is 272 g/mol. The number of carboxylic acid groups (broad SMARTS) is 1. The zero-order valence-electron chi connectivity index (χ0n) is 9.61. The van der Waals surface area contributed by atoms with Crippen LogP contribution < -0.4 is 5.32 Å². The lowest BCUT2D eigenvalue weighted by Gasteiger charge is -2.05. The lowest BCUT2D eigenvalue weighted by atomic mass is 10.3. The number of hydrogen-bond donors (Lipinski definition) is 2. The summed E-state index contributed by atoms with van der Waals surface area (Å²) < 4.78 is 0. The Morgan fingerprint density at radius 1 is 1.44 bits per heavy atom. The van der Waals surface area contributed by atoms with Gasteiger partial charge < -0.3 is 10.4 Å². The van der Waals surface area contributed by atoms with E-state index in [4.69, 9.17) is 16.7 Å². The highest BCUT2D eigenvalue weighted by molar-refractivity contribution is 7.11. The predicted molar refractivity (Wildman–Crippen MR) is 72.6 cm³/mol. The number of carbonyl (C=O) groups is 1. The van der Waals surface area contributed by atoms with Crippen LogP contribution in [0.5, 0.6) is 0 Å². The molecule has 94 valence electrons. The van der Waals surface area contributed by atoms with E-state index in [9.17, 15) is 4.79 Å². The standard InChI is InChI=1S/C12H11ClN2O2S/c1-7-2-3-8(18-7)6-14-10-5-4-9(13)11(15-10)12(16)17/h2-5H,6H2,1H3,(H,14,15)(H,16,17). The van der Waals surface area contributed by atoms with Gasteiger partial charge in [-0.05, 0) is 31.2 Å². The number of carboxylic acids is 1. The molecular formula is C12H11ClN2O2S. The van der Waals surface area contributed by atoms with Gasteiger partial charge in [-0.3, -0.25) is 0 Å². The molecule has 2 aromatic heterocycles. The van der Waals surface area contributed by atoms with Crippen LogP contribution in [0.15, 0.2) is 24.3 Å². The van der Waals surface area contributed by atoms with Crippen molar-refractivity contribution in [2.75, 3.05) is 5.32 Å². The van der Waals surface area contributed by atoms with E-state index >= 15 is 0 Å². The minimum atomic E-state index is -1.13. The van der Waals surface area contributed by atoms with Gasteiger partial charge in [0.05, 0.1) is 11.6 Å². The molecule has 0 spiro atoms. The minimum Gasteiger partial charge on any atom is -0.476 e.